The molecule has 3 aromatic carbocycles. The van der Waals surface area contributed by atoms with Gasteiger partial charge in [-0.05, 0) is 60.9 Å². The quantitative estimate of drug-likeness (QED) is 0.240. The third kappa shape index (κ3) is 6.21. The minimum atomic E-state index is -0.380. The Morgan fingerprint density at radius 3 is 2.35 bits per heavy atom. The van der Waals surface area contributed by atoms with Gasteiger partial charge in [0, 0.05) is 16.5 Å². The van der Waals surface area contributed by atoms with Gasteiger partial charge in [-0.25, -0.2) is 9.37 Å². The Bertz CT molecular complexity index is 1250. The lowest BCUT2D eigenvalue weighted by atomic mass is 10.00. The number of aliphatic hydroxyl groups is 1. The predicted octanol–water partition coefficient (Wildman–Crippen LogP) is 6.66. The van der Waals surface area contributed by atoms with Crippen molar-refractivity contribution in [1.29, 1.82) is 0 Å². The number of hydrogen-bond acceptors (Lipinski definition) is 3. The summed E-state index contributed by atoms with van der Waals surface area (Å²) in [5.41, 5.74) is 8.29. The van der Waals surface area contributed by atoms with Crippen LogP contribution in [0.15, 0.2) is 79.4 Å². The van der Waals surface area contributed by atoms with Gasteiger partial charge in [0.05, 0.1) is 24.4 Å². The molecule has 0 aliphatic heterocycles. The summed E-state index contributed by atoms with van der Waals surface area (Å²) in [4.78, 5) is 4.65. The number of quaternary nitrogens is 1. The van der Waals surface area contributed by atoms with Gasteiger partial charge < -0.3 is 15.6 Å². The molecule has 0 radical (unpaired) electrons. The first kappa shape index (κ1) is 24.9. The lowest BCUT2D eigenvalue weighted by molar-refractivity contribution is -0.361. The number of pyridine rings is 1. The fraction of sp³-hybridized carbons (Fsp3) is 0.207. The van der Waals surface area contributed by atoms with E-state index in [-0.39, 0.29) is 11.6 Å². The molecule has 1 aromatic heterocycles. The highest BCUT2D eigenvalue weighted by atomic mass is 19.1. The molecule has 4 nitrogen and oxygen atoms in total. The average molecular weight is 460 g/mol. The zero-order valence-corrected chi connectivity index (χ0v) is 19.9. The third-order valence-corrected chi connectivity index (χ3v) is 5.20. The average Bonchev–Trinajstić information content (AvgIpc) is 2.84. The molecule has 0 bridgehead atoms. The zero-order valence-electron chi connectivity index (χ0n) is 19.9. The molecule has 4 aromatic rings. The third-order valence-electron chi connectivity index (χ3n) is 5.20. The summed E-state index contributed by atoms with van der Waals surface area (Å²) >= 11 is 0. The van der Waals surface area contributed by atoms with Gasteiger partial charge in [0.15, 0.2) is 0 Å². The Balaban J connectivity index is 0.00000103. The van der Waals surface area contributed by atoms with E-state index in [1.165, 1.54) is 12.1 Å². The second-order valence-corrected chi connectivity index (χ2v) is 7.97. The number of halogens is 1. The van der Waals surface area contributed by atoms with Crippen LogP contribution in [0.5, 0.6) is 5.75 Å². The van der Waals surface area contributed by atoms with Crippen molar-refractivity contribution in [3.63, 3.8) is 0 Å². The molecule has 0 aliphatic carbocycles. The van der Waals surface area contributed by atoms with Crippen LogP contribution in [-0.2, 0) is 0 Å². The molecule has 0 fully saturated rings. The highest BCUT2D eigenvalue weighted by molar-refractivity contribution is 5.92. The van der Waals surface area contributed by atoms with Crippen LogP contribution in [0, 0.1) is 5.82 Å². The van der Waals surface area contributed by atoms with Gasteiger partial charge in [0.25, 0.3) is 0 Å². The highest BCUT2D eigenvalue weighted by Gasteiger charge is 2.11. The maximum absolute atomic E-state index is 13.7. The van der Waals surface area contributed by atoms with E-state index in [9.17, 15) is 9.50 Å². The van der Waals surface area contributed by atoms with Gasteiger partial charge >= 0.3 is 0 Å². The SMILES string of the molecule is C=C(O)c1cc(-c2ccc(-c3cccc(OCCCC)c3)cc2)nc2ccc(F)cc12.CC[NH3+]. The molecule has 4 rings (SSSR count). The molecule has 176 valence electrons. The van der Waals surface area contributed by atoms with E-state index in [2.05, 4.69) is 30.3 Å². The van der Waals surface area contributed by atoms with Crippen molar-refractivity contribution in [3.8, 4) is 28.1 Å². The second kappa shape index (κ2) is 12.0. The number of aliphatic hydroxyl groups excluding tert-OH is 1. The monoisotopic (exact) mass is 459 g/mol. The van der Waals surface area contributed by atoms with Gasteiger partial charge in [-0.1, -0.05) is 56.3 Å². The number of hydrogen-bond donors (Lipinski definition) is 2. The summed E-state index contributed by atoms with van der Waals surface area (Å²) in [6.45, 7) is 9.50. The lowest BCUT2D eigenvalue weighted by Gasteiger charge is -2.11. The van der Waals surface area contributed by atoms with Crippen molar-refractivity contribution in [2.75, 3.05) is 13.2 Å². The molecule has 0 spiro atoms. The van der Waals surface area contributed by atoms with Gasteiger partial charge in [0.2, 0.25) is 0 Å². The van der Waals surface area contributed by atoms with Crippen LogP contribution in [-0.4, -0.2) is 23.2 Å². The van der Waals surface area contributed by atoms with Crippen LogP contribution in [0.4, 0.5) is 4.39 Å². The van der Waals surface area contributed by atoms with E-state index in [1.54, 1.807) is 12.1 Å². The molecule has 4 N–H and O–H groups in total. The second-order valence-electron chi connectivity index (χ2n) is 7.97. The number of fused-ring (bicyclic) bond motifs is 1. The minimum Gasteiger partial charge on any atom is -0.508 e. The maximum atomic E-state index is 13.7. The van der Waals surface area contributed by atoms with Gasteiger partial charge in [-0.15, -0.1) is 0 Å². The van der Waals surface area contributed by atoms with Crippen molar-refractivity contribution in [2.45, 2.75) is 26.7 Å². The first-order chi connectivity index (χ1) is 16.5. The van der Waals surface area contributed by atoms with Gasteiger partial charge in [0.1, 0.15) is 17.3 Å². The number of nitrogens with zero attached hydrogens (tertiary/aromatic N) is 1. The van der Waals surface area contributed by atoms with Crippen molar-refractivity contribution < 1.29 is 20.0 Å². The Morgan fingerprint density at radius 1 is 0.971 bits per heavy atom. The number of aromatic nitrogens is 1. The molecule has 0 saturated carbocycles. The van der Waals surface area contributed by atoms with E-state index in [0.29, 0.717) is 22.2 Å². The fourth-order valence-electron chi connectivity index (χ4n) is 3.52. The number of unbranched alkanes of at least 4 members (excludes halogenated alkanes) is 1. The van der Waals surface area contributed by atoms with Crippen molar-refractivity contribution in [1.82, 2.24) is 4.98 Å². The summed E-state index contributed by atoms with van der Waals surface area (Å²) in [6.07, 6.45) is 2.14. The Hall–Kier alpha value is -3.70. The highest BCUT2D eigenvalue weighted by Crippen LogP contribution is 2.30. The molecular weight excluding hydrogens is 427 g/mol. The topological polar surface area (TPSA) is 70.0 Å². The van der Waals surface area contributed by atoms with Crippen LogP contribution >= 0.6 is 0 Å². The van der Waals surface area contributed by atoms with E-state index in [0.717, 1.165) is 48.4 Å². The molecule has 0 unspecified atom stereocenters. The van der Waals surface area contributed by atoms with Crippen LogP contribution < -0.4 is 10.5 Å². The first-order valence-corrected chi connectivity index (χ1v) is 11.6. The standard InChI is InChI=1S/C27H24FNO2.C2H7N/c1-3-4-14-31-23-7-5-6-21(15-23)19-8-10-20(11-9-19)27-17-24(18(2)30)25-16-22(28)12-13-26(25)29-27;1-2-3/h5-13,15-17,30H,2-4,14H2,1H3;2-3H2,1H3/p+1. The van der Waals surface area contributed by atoms with Crippen molar-refractivity contribution in [2.24, 2.45) is 0 Å². The minimum absolute atomic E-state index is 0.115. The van der Waals surface area contributed by atoms with Crippen LogP contribution in [0.1, 0.15) is 32.3 Å². The van der Waals surface area contributed by atoms with Crippen LogP contribution in [0.2, 0.25) is 0 Å². The molecule has 0 atom stereocenters. The van der Waals surface area contributed by atoms with E-state index in [1.807, 2.05) is 49.4 Å². The molecular formula is C29H32FN2O2+. The Labute approximate surface area is 200 Å². The number of ether oxygens (including phenoxy) is 1. The van der Waals surface area contributed by atoms with Crippen LogP contribution in [0.3, 0.4) is 0 Å². The maximum Gasteiger partial charge on any atom is 0.123 e. The molecule has 0 aliphatic rings. The van der Waals surface area contributed by atoms with Crippen molar-refractivity contribution >= 4 is 16.7 Å². The molecule has 34 heavy (non-hydrogen) atoms. The Kier molecular flexibility index (Phi) is 8.77. The van der Waals surface area contributed by atoms with E-state index in [4.69, 9.17) is 4.74 Å². The summed E-state index contributed by atoms with van der Waals surface area (Å²) in [7, 11) is 0. The summed E-state index contributed by atoms with van der Waals surface area (Å²) in [5.74, 6) is 0.370. The number of rotatable bonds is 7. The van der Waals surface area contributed by atoms with E-state index >= 15 is 0 Å². The molecule has 0 amide bonds. The van der Waals surface area contributed by atoms with Gasteiger partial charge in [-0.2, -0.15) is 0 Å². The summed E-state index contributed by atoms with van der Waals surface area (Å²) in [5, 5.41) is 10.6. The lowest BCUT2D eigenvalue weighted by Crippen LogP contribution is -2.48. The normalized spacial score (nSPS) is 10.5. The fourth-order valence-corrected chi connectivity index (χ4v) is 3.52. The van der Waals surface area contributed by atoms with Gasteiger partial charge in [-0.3, -0.25) is 0 Å². The zero-order chi connectivity index (χ0) is 24.5. The largest absolute Gasteiger partial charge is 0.508 e. The summed E-state index contributed by atoms with van der Waals surface area (Å²) < 4.78 is 19.5. The Morgan fingerprint density at radius 2 is 1.68 bits per heavy atom. The molecule has 5 heteroatoms. The first-order valence-electron chi connectivity index (χ1n) is 11.6. The summed E-state index contributed by atoms with van der Waals surface area (Å²) in [6, 6.07) is 22.2. The predicted molar refractivity (Wildman–Crippen MR) is 138 cm³/mol. The molecule has 1 heterocycles. The smallest absolute Gasteiger partial charge is 0.123 e. The molecule has 0 saturated heterocycles. The number of benzene rings is 3. The van der Waals surface area contributed by atoms with Crippen molar-refractivity contribution in [3.05, 3.63) is 90.8 Å². The van der Waals surface area contributed by atoms with Crippen LogP contribution in [0.25, 0.3) is 39.0 Å². The van der Waals surface area contributed by atoms with E-state index < -0.39 is 0 Å².